The first-order valence-electron chi connectivity index (χ1n) is 5.82. The molecule has 20 heavy (non-hydrogen) atoms. The zero-order valence-electron chi connectivity index (χ0n) is 11.1. The molecule has 0 aromatic carbocycles. The van der Waals surface area contributed by atoms with E-state index in [0.717, 1.165) is 0 Å². The number of pyridine rings is 1. The van der Waals surface area contributed by atoms with Gasteiger partial charge in [0.2, 0.25) is 5.88 Å². The standard InChI is InChI=1S/C11H15N5O3S/c1-3-19-9-5-4-8(6-13-9)15-20(17,18)11-10(12)14-7-16(11)2/h4-7,15H,3,12H2,1-2H3. The molecule has 0 amide bonds. The van der Waals surface area contributed by atoms with Gasteiger partial charge in [-0.25, -0.2) is 9.97 Å². The number of hydrogen-bond donors (Lipinski definition) is 2. The average Bonchev–Trinajstić information content (AvgIpc) is 2.72. The molecule has 0 aliphatic carbocycles. The molecule has 0 radical (unpaired) electrons. The summed E-state index contributed by atoms with van der Waals surface area (Å²) >= 11 is 0. The summed E-state index contributed by atoms with van der Waals surface area (Å²) in [5.41, 5.74) is 5.87. The van der Waals surface area contributed by atoms with Crippen molar-refractivity contribution in [3.05, 3.63) is 24.7 Å². The van der Waals surface area contributed by atoms with Crippen LogP contribution in [0.1, 0.15) is 6.92 Å². The van der Waals surface area contributed by atoms with Gasteiger partial charge < -0.3 is 15.0 Å². The number of sulfonamides is 1. The predicted octanol–water partition coefficient (Wildman–Crippen LogP) is 0.597. The minimum atomic E-state index is -3.81. The third-order valence-corrected chi connectivity index (χ3v) is 3.96. The van der Waals surface area contributed by atoms with Crippen molar-refractivity contribution in [3.8, 4) is 5.88 Å². The zero-order valence-corrected chi connectivity index (χ0v) is 11.9. The number of ether oxygens (including phenoxy) is 1. The Morgan fingerprint density at radius 2 is 2.15 bits per heavy atom. The minimum absolute atomic E-state index is 0.0566. The second-order valence-electron chi connectivity index (χ2n) is 3.97. The van der Waals surface area contributed by atoms with Crippen molar-refractivity contribution >= 4 is 21.5 Å². The summed E-state index contributed by atoms with van der Waals surface area (Å²) < 4.78 is 33.3. The molecule has 0 aliphatic heterocycles. The number of imidazole rings is 1. The summed E-state index contributed by atoms with van der Waals surface area (Å²) in [6.45, 7) is 2.33. The van der Waals surface area contributed by atoms with Crippen LogP contribution in [0.15, 0.2) is 29.7 Å². The number of nitrogens with zero attached hydrogens (tertiary/aromatic N) is 3. The van der Waals surface area contributed by atoms with Crippen molar-refractivity contribution in [1.29, 1.82) is 0 Å². The second kappa shape index (κ2) is 5.37. The van der Waals surface area contributed by atoms with E-state index in [-0.39, 0.29) is 10.8 Å². The van der Waals surface area contributed by atoms with E-state index in [1.807, 2.05) is 6.92 Å². The van der Waals surface area contributed by atoms with Gasteiger partial charge in [-0.1, -0.05) is 0 Å². The maximum absolute atomic E-state index is 12.2. The Morgan fingerprint density at radius 1 is 1.40 bits per heavy atom. The fraction of sp³-hybridized carbons (Fsp3) is 0.273. The highest BCUT2D eigenvalue weighted by Crippen LogP contribution is 2.20. The summed E-state index contributed by atoms with van der Waals surface area (Å²) in [6.07, 6.45) is 2.70. The molecular formula is C11H15N5O3S. The van der Waals surface area contributed by atoms with Gasteiger partial charge in [-0.2, -0.15) is 8.42 Å². The average molecular weight is 297 g/mol. The Bertz CT molecular complexity index is 674. The summed E-state index contributed by atoms with van der Waals surface area (Å²) in [5, 5.41) is -0.0913. The van der Waals surface area contributed by atoms with Gasteiger partial charge in [-0.05, 0) is 13.0 Å². The first kappa shape index (κ1) is 14.1. The van der Waals surface area contributed by atoms with Gasteiger partial charge in [0.15, 0.2) is 10.8 Å². The van der Waals surface area contributed by atoms with E-state index in [9.17, 15) is 8.42 Å². The van der Waals surface area contributed by atoms with Crippen molar-refractivity contribution < 1.29 is 13.2 Å². The van der Waals surface area contributed by atoms with Crippen LogP contribution in [0.2, 0.25) is 0 Å². The van der Waals surface area contributed by atoms with Crippen molar-refractivity contribution in [2.75, 3.05) is 17.1 Å². The minimum Gasteiger partial charge on any atom is -0.478 e. The van der Waals surface area contributed by atoms with E-state index in [1.165, 1.54) is 17.1 Å². The maximum atomic E-state index is 12.2. The molecule has 3 N–H and O–H groups in total. The fourth-order valence-electron chi connectivity index (χ4n) is 1.64. The lowest BCUT2D eigenvalue weighted by atomic mass is 10.4. The van der Waals surface area contributed by atoms with Gasteiger partial charge >= 0.3 is 0 Å². The Morgan fingerprint density at radius 3 is 2.65 bits per heavy atom. The number of nitrogens with two attached hydrogens (primary N) is 1. The van der Waals surface area contributed by atoms with E-state index in [0.29, 0.717) is 18.2 Å². The maximum Gasteiger partial charge on any atom is 0.281 e. The Labute approximate surface area is 116 Å². The van der Waals surface area contributed by atoms with Crippen LogP contribution in [0.5, 0.6) is 5.88 Å². The molecule has 0 spiro atoms. The molecule has 0 unspecified atom stereocenters. The molecule has 0 saturated carbocycles. The van der Waals surface area contributed by atoms with E-state index < -0.39 is 10.0 Å². The number of nitrogen functional groups attached to an aromatic ring is 1. The van der Waals surface area contributed by atoms with E-state index in [2.05, 4.69) is 14.7 Å². The summed E-state index contributed by atoms with van der Waals surface area (Å²) in [7, 11) is -2.26. The lowest BCUT2D eigenvalue weighted by Gasteiger charge is -2.09. The van der Waals surface area contributed by atoms with E-state index in [1.54, 1.807) is 19.2 Å². The number of aryl methyl sites for hydroxylation is 1. The number of hydrogen-bond acceptors (Lipinski definition) is 6. The molecule has 0 aliphatic rings. The molecule has 8 nitrogen and oxygen atoms in total. The number of aromatic nitrogens is 3. The molecule has 0 bridgehead atoms. The van der Waals surface area contributed by atoms with Crippen LogP contribution in [-0.4, -0.2) is 29.6 Å². The smallest absolute Gasteiger partial charge is 0.281 e. The van der Waals surface area contributed by atoms with Gasteiger partial charge in [0.1, 0.15) is 0 Å². The molecule has 0 atom stereocenters. The monoisotopic (exact) mass is 297 g/mol. The lowest BCUT2D eigenvalue weighted by Crippen LogP contribution is -2.17. The van der Waals surface area contributed by atoms with Gasteiger partial charge in [-0.3, -0.25) is 4.72 Å². The molecule has 2 aromatic heterocycles. The van der Waals surface area contributed by atoms with Gasteiger partial charge in [0.05, 0.1) is 24.8 Å². The summed E-state index contributed by atoms with van der Waals surface area (Å²) in [5.74, 6) is 0.370. The topological polar surface area (TPSA) is 112 Å². The molecular weight excluding hydrogens is 282 g/mol. The lowest BCUT2D eigenvalue weighted by molar-refractivity contribution is 0.327. The quantitative estimate of drug-likeness (QED) is 0.835. The van der Waals surface area contributed by atoms with Gasteiger partial charge in [0, 0.05) is 13.1 Å². The Hall–Kier alpha value is -2.29. The molecule has 9 heteroatoms. The molecule has 0 fully saturated rings. The van der Waals surface area contributed by atoms with Crippen molar-refractivity contribution in [1.82, 2.24) is 14.5 Å². The van der Waals surface area contributed by atoms with Gasteiger partial charge in [0.25, 0.3) is 10.0 Å². The SMILES string of the molecule is CCOc1ccc(NS(=O)(=O)c2c(N)ncn2C)cn1. The molecule has 108 valence electrons. The fourth-order valence-corrected chi connectivity index (χ4v) is 2.92. The highest BCUT2D eigenvalue weighted by Gasteiger charge is 2.22. The van der Waals surface area contributed by atoms with Crippen LogP contribution in [0.3, 0.4) is 0 Å². The predicted molar refractivity (Wildman–Crippen MR) is 73.8 cm³/mol. The molecule has 2 heterocycles. The van der Waals surface area contributed by atoms with Crippen molar-refractivity contribution in [2.24, 2.45) is 7.05 Å². The van der Waals surface area contributed by atoms with E-state index in [4.69, 9.17) is 10.5 Å². The van der Waals surface area contributed by atoms with Crippen LogP contribution in [0.4, 0.5) is 11.5 Å². The first-order chi connectivity index (χ1) is 9.44. The number of rotatable bonds is 5. The highest BCUT2D eigenvalue weighted by atomic mass is 32.2. The van der Waals surface area contributed by atoms with Crippen LogP contribution < -0.4 is 15.2 Å². The van der Waals surface area contributed by atoms with Crippen molar-refractivity contribution in [2.45, 2.75) is 11.9 Å². The zero-order chi connectivity index (χ0) is 14.8. The third-order valence-electron chi connectivity index (χ3n) is 2.44. The largest absolute Gasteiger partial charge is 0.478 e. The van der Waals surface area contributed by atoms with Crippen molar-refractivity contribution in [3.63, 3.8) is 0 Å². The third kappa shape index (κ3) is 2.82. The number of anilines is 2. The van der Waals surface area contributed by atoms with Gasteiger partial charge in [-0.15, -0.1) is 0 Å². The van der Waals surface area contributed by atoms with Crippen LogP contribution in [-0.2, 0) is 17.1 Å². The first-order valence-corrected chi connectivity index (χ1v) is 7.31. The molecule has 2 aromatic rings. The Balaban J connectivity index is 2.24. The summed E-state index contributed by atoms with van der Waals surface area (Å²) in [4.78, 5) is 7.72. The normalized spacial score (nSPS) is 11.3. The molecule has 0 saturated heterocycles. The summed E-state index contributed by atoms with van der Waals surface area (Å²) in [6, 6.07) is 3.13. The number of nitrogens with one attached hydrogen (secondary N) is 1. The molecule has 2 rings (SSSR count). The Kier molecular flexibility index (Phi) is 3.79. The van der Waals surface area contributed by atoms with E-state index >= 15 is 0 Å². The second-order valence-corrected chi connectivity index (χ2v) is 5.57. The highest BCUT2D eigenvalue weighted by molar-refractivity contribution is 7.92. The van der Waals surface area contributed by atoms with Crippen LogP contribution in [0.25, 0.3) is 0 Å². The van der Waals surface area contributed by atoms with Crippen LogP contribution in [0, 0.1) is 0 Å². The van der Waals surface area contributed by atoms with Crippen LogP contribution >= 0.6 is 0 Å².